The van der Waals surface area contributed by atoms with Gasteiger partial charge in [0.05, 0.1) is 11.6 Å². The van der Waals surface area contributed by atoms with Gasteiger partial charge in [0.15, 0.2) is 0 Å². The fourth-order valence-corrected chi connectivity index (χ4v) is 1.90. The second-order valence-corrected chi connectivity index (χ2v) is 4.84. The van der Waals surface area contributed by atoms with Crippen LogP contribution in [-0.2, 0) is 6.54 Å². The molecule has 0 saturated carbocycles. The van der Waals surface area contributed by atoms with Crippen LogP contribution in [0.25, 0.3) is 0 Å². The zero-order valence-corrected chi connectivity index (χ0v) is 12.3. The number of pyridine rings is 1. The second-order valence-electron chi connectivity index (χ2n) is 3.98. The van der Waals surface area contributed by atoms with Crippen molar-refractivity contribution in [2.75, 3.05) is 7.11 Å². The van der Waals surface area contributed by atoms with E-state index in [0.717, 1.165) is 5.56 Å². The van der Waals surface area contributed by atoms with E-state index >= 15 is 0 Å². The normalized spacial score (nSPS) is 10.2. The molecule has 0 unspecified atom stereocenters. The van der Waals surface area contributed by atoms with E-state index in [1.807, 2.05) is 0 Å². The molecule has 0 saturated heterocycles. The number of nitrogens with zero attached hydrogens (tertiary/aromatic N) is 1. The Bertz CT molecular complexity index is 634. The largest absolute Gasteiger partial charge is 0.481 e. The molecule has 0 aliphatic carbocycles. The molecule has 1 amide bonds. The molecule has 20 heavy (non-hydrogen) atoms. The lowest BCUT2D eigenvalue weighted by atomic mass is 10.2. The molecule has 0 spiro atoms. The lowest BCUT2D eigenvalue weighted by molar-refractivity contribution is 0.0950. The van der Waals surface area contributed by atoms with Gasteiger partial charge in [-0.1, -0.05) is 6.07 Å². The van der Waals surface area contributed by atoms with Gasteiger partial charge in [-0.3, -0.25) is 4.79 Å². The fraction of sp³-hybridized carbons (Fsp3) is 0.143. The SMILES string of the molecule is COc1ncccc1CNC(=O)c1ccc(Br)c(F)c1. The number of methoxy groups -OCH3 is 1. The third-order valence-corrected chi connectivity index (χ3v) is 3.31. The highest BCUT2D eigenvalue weighted by Gasteiger charge is 2.10. The molecule has 1 aromatic heterocycles. The molecule has 0 aliphatic rings. The lowest BCUT2D eigenvalue weighted by Crippen LogP contribution is -2.23. The van der Waals surface area contributed by atoms with Crippen molar-refractivity contribution in [2.45, 2.75) is 6.54 Å². The minimum Gasteiger partial charge on any atom is -0.481 e. The third-order valence-electron chi connectivity index (χ3n) is 2.66. The number of hydrogen-bond acceptors (Lipinski definition) is 3. The maximum atomic E-state index is 13.4. The van der Waals surface area contributed by atoms with Gasteiger partial charge in [0.2, 0.25) is 5.88 Å². The summed E-state index contributed by atoms with van der Waals surface area (Å²) in [6.07, 6.45) is 1.61. The topological polar surface area (TPSA) is 51.2 Å². The van der Waals surface area contributed by atoms with E-state index in [4.69, 9.17) is 4.74 Å². The van der Waals surface area contributed by atoms with Gasteiger partial charge in [-0.05, 0) is 40.2 Å². The highest BCUT2D eigenvalue weighted by atomic mass is 79.9. The Labute approximate surface area is 124 Å². The van der Waals surface area contributed by atoms with Crippen molar-refractivity contribution < 1.29 is 13.9 Å². The van der Waals surface area contributed by atoms with Gasteiger partial charge in [0.25, 0.3) is 5.91 Å². The Kier molecular flexibility index (Phi) is 4.68. The summed E-state index contributed by atoms with van der Waals surface area (Å²) in [6.45, 7) is 0.257. The van der Waals surface area contributed by atoms with Crippen LogP contribution >= 0.6 is 15.9 Å². The predicted octanol–water partition coefficient (Wildman–Crippen LogP) is 2.92. The molecular weight excluding hydrogens is 327 g/mol. The number of nitrogens with one attached hydrogen (secondary N) is 1. The summed E-state index contributed by atoms with van der Waals surface area (Å²) < 4.78 is 18.8. The summed E-state index contributed by atoms with van der Waals surface area (Å²) >= 11 is 3.04. The Morgan fingerprint density at radius 2 is 2.25 bits per heavy atom. The number of aromatic nitrogens is 1. The Morgan fingerprint density at radius 1 is 1.45 bits per heavy atom. The van der Waals surface area contributed by atoms with Crippen molar-refractivity contribution in [1.29, 1.82) is 0 Å². The Balaban J connectivity index is 2.06. The van der Waals surface area contributed by atoms with Crippen LogP contribution in [0.4, 0.5) is 4.39 Å². The first-order valence-corrected chi connectivity index (χ1v) is 6.62. The number of hydrogen-bond donors (Lipinski definition) is 1. The number of amides is 1. The van der Waals surface area contributed by atoms with Gasteiger partial charge < -0.3 is 10.1 Å². The molecule has 1 heterocycles. The number of benzene rings is 1. The zero-order valence-electron chi connectivity index (χ0n) is 10.7. The summed E-state index contributed by atoms with van der Waals surface area (Å²) in [7, 11) is 1.51. The van der Waals surface area contributed by atoms with E-state index in [-0.39, 0.29) is 18.0 Å². The van der Waals surface area contributed by atoms with E-state index in [0.29, 0.717) is 10.4 Å². The van der Waals surface area contributed by atoms with Crippen LogP contribution in [-0.4, -0.2) is 18.0 Å². The maximum absolute atomic E-state index is 13.4. The van der Waals surface area contributed by atoms with Gasteiger partial charge in [-0.15, -0.1) is 0 Å². The van der Waals surface area contributed by atoms with Crippen LogP contribution < -0.4 is 10.1 Å². The molecule has 2 aromatic rings. The van der Waals surface area contributed by atoms with E-state index in [9.17, 15) is 9.18 Å². The minimum atomic E-state index is -0.475. The first kappa shape index (κ1) is 14.5. The van der Waals surface area contributed by atoms with Crippen LogP contribution in [0.15, 0.2) is 41.0 Å². The zero-order chi connectivity index (χ0) is 14.5. The standard InChI is InChI=1S/C14H12BrFN2O2/c1-20-14-10(3-2-6-17-14)8-18-13(19)9-4-5-11(15)12(16)7-9/h2-7H,8H2,1H3,(H,18,19). The van der Waals surface area contributed by atoms with Crippen molar-refractivity contribution in [3.8, 4) is 5.88 Å². The predicted molar refractivity (Wildman–Crippen MR) is 76.1 cm³/mol. The van der Waals surface area contributed by atoms with Crippen LogP contribution in [0.2, 0.25) is 0 Å². The monoisotopic (exact) mass is 338 g/mol. The molecule has 0 fully saturated rings. The van der Waals surface area contributed by atoms with Gasteiger partial charge in [-0.25, -0.2) is 9.37 Å². The van der Waals surface area contributed by atoms with Crippen molar-refractivity contribution in [3.05, 3.63) is 57.9 Å². The van der Waals surface area contributed by atoms with Crippen molar-refractivity contribution in [1.82, 2.24) is 10.3 Å². The lowest BCUT2D eigenvalue weighted by Gasteiger charge is -2.08. The van der Waals surface area contributed by atoms with E-state index in [2.05, 4.69) is 26.2 Å². The van der Waals surface area contributed by atoms with Crippen molar-refractivity contribution in [3.63, 3.8) is 0 Å². The number of rotatable bonds is 4. The highest BCUT2D eigenvalue weighted by Crippen LogP contribution is 2.17. The smallest absolute Gasteiger partial charge is 0.251 e. The molecular formula is C14H12BrFN2O2. The average molecular weight is 339 g/mol. The Morgan fingerprint density at radius 3 is 2.95 bits per heavy atom. The average Bonchev–Trinajstić information content (AvgIpc) is 2.47. The molecule has 1 N–H and O–H groups in total. The first-order valence-electron chi connectivity index (χ1n) is 5.83. The van der Waals surface area contributed by atoms with Crippen LogP contribution in [0, 0.1) is 5.82 Å². The van der Waals surface area contributed by atoms with Gasteiger partial charge in [-0.2, -0.15) is 0 Å². The number of carbonyl (C=O) groups is 1. The Hall–Kier alpha value is -1.95. The van der Waals surface area contributed by atoms with Gasteiger partial charge in [0, 0.05) is 23.9 Å². The van der Waals surface area contributed by atoms with Crippen LogP contribution in [0.5, 0.6) is 5.88 Å². The third kappa shape index (κ3) is 3.33. The molecule has 6 heteroatoms. The first-order chi connectivity index (χ1) is 9.61. The summed E-state index contributed by atoms with van der Waals surface area (Å²) in [6, 6.07) is 7.77. The second kappa shape index (κ2) is 6.47. The van der Waals surface area contributed by atoms with Gasteiger partial charge >= 0.3 is 0 Å². The summed E-state index contributed by atoms with van der Waals surface area (Å²) in [5.41, 5.74) is 1.01. The van der Waals surface area contributed by atoms with Crippen LogP contribution in [0.1, 0.15) is 15.9 Å². The molecule has 2 rings (SSSR count). The number of ether oxygens (including phenoxy) is 1. The number of carbonyl (C=O) groups excluding carboxylic acids is 1. The summed E-state index contributed by atoms with van der Waals surface area (Å²) in [5, 5.41) is 2.70. The molecule has 0 atom stereocenters. The van der Waals surface area contributed by atoms with Crippen LogP contribution in [0.3, 0.4) is 0 Å². The van der Waals surface area contributed by atoms with Crippen molar-refractivity contribution >= 4 is 21.8 Å². The molecule has 4 nitrogen and oxygen atoms in total. The molecule has 0 radical (unpaired) electrons. The van der Waals surface area contributed by atoms with Gasteiger partial charge in [0.1, 0.15) is 5.82 Å². The summed E-state index contributed by atoms with van der Waals surface area (Å²) in [4.78, 5) is 16.0. The highest BCUT2D eigenvalue weighted by molar-refractivity contribution is 9.10. The minimum absolute atomic E-state index is 0.257. The van der Waals surface area contributed by atoms with E-state index in [1.165, 1.54) is 19.2 Å². The van der Waals surface area contributed by atoms with E-state index < -0.39 is 5.82 Å². The number of halogens is 2. The fourth-order valence-electron chi connectivity index (χ4n) is 1.66. The summed E-state index contributed by atoms with van der Waals surface area (Å²) in [5.74, 6) is -0.381. The molecule has 0 bridgehead atoms. The molecule has 1 aromatic carbocycles. The quantitative estimate of drug-likeness (QED) is 0.932. The van der Waals surface area contributed by atoms with Crippen molar-refractivity contribution in [2.24, 2.45) is 0 Å². The molecule has 104 valence electrons. The maximum Gasteiger partial charge on any atom is 0.251 e. The molecule has 0 aliphatic heterocycles. The van der Waals surface area contributed by atoms with E-state index in [1.54, 1.807) is 24.4 Å².